The van der Waals surface area contributed by atoms with E-state index in [1.54, 1.807) is 12.1 Å². The molecule has 6 nitrogen and oxygen atoms in total. The predicted molar refractivity (Wildman–Crippen MR) is 126 cm³/mol. The average Bonchev–Trinajstić information content (AvgIpc) is 2.80. The van der Waals surface area contributed by atoms with Crippen molar-refractivity contribution in [1.29, 1.82) is 0 Å². The van der Waals surface area contributed by atoms with Crippen molar-refractivity contribution in [2.24, 2.45) is 0 Å². The SMILES string of the molecule is Cc1ccc(NC(=O)COc2ccc(S(=O)(=O)N3CCCc4ccccc43)cc2)cc1C. The molecule has 1 heterocycles. The van der Waals surface area contributed by atoms with Crippen LogP contribution in [0, 0.1) is 13.8 Å². The number of carbonyl (C=O) groups excluding carboxylic acids is 1. The minimum atomic E-state index is -3.67. The number of aryl methyl sites for hydroxylation is 3. The Morgan fingerprint density at radius 1 is 1.00 bits per heavy atom. The maximum absolute atomic E-state index is 13.2. The van der Waals surface area contributed by atoms with Crippen LogP contribution in [0.5, 0.6) is 5.75 Å². The van der Waals surface area contributed by atoms with Gasteiger partial charge in [-0.15, -0.1) is 0 Å². The fraction of sp³-hybridized carbons (Fsp3) is 0.240. The zero-order chi connectivity index (χ0) is 22.7. The van der Waals surface area contributed by atoms with Crippen LogP contribution < -0.4 is 14.4 Å². The van der Waals surface area contributed by atoms with Crippen molar-refractivity contribution in [3.63, 3.8) is 0 Å². The lowest BCUT2D eigenvalue weighted by atomic mass is 10.0. The van der Waals surface area contributed by atoms with Gasteiger partial charge in [0.15, 0.2) is 6.61 Å². The first-order chi connectivity index (χ1) is 15.3. The highest BCUT2D eigenvalue weighted by atomic mass is 32.2. The van der Waals surface area contributed by atoms with Crippen LogP contribution in [0.1, 0.15) is 23.1 Å². The van der Waals surface area contributed by atoms with Gasteiger partial charge in [-0.2, -0.15) is 0 Å². The first kappa shape index (κ1) is 21.9. The van der Waals surface area contributed by atoms with Gasteiger partial charge in [0.1, 0.15) is 5.75 Å². The summed E-state index contributed by atoms with van der Waals surface area (Å²) in [5.41, 5.74) is 4.74. The van der Waals surface area contributed by atoms with Crippen molar-refractivity contribution < 1.29 is 17.9 Å². The second-order valence-corrected chi connectivity index (χ2v) is 9.78. The monoisotopic (exact) mass is 450 g/mol. The zero-order valence-electron chi connectivity index (χ0n) is 18.2. The molecule has 1 aliphatic rings. The number of nitrogens with one attached hydrogen (secondary N) is 1. The Bertz CT molecular complexity index is 1240. The number of benzene rings is 3. The van der Waals surface area contributed by atoms with Crippen LogP contribution in [0.2, 0.25) is 0 Å². The Balaban J connectivity index is 1.41. The van der Waals surface area contributed by atoms with Crippen LogP contribution in [0.3, 0.4) is 0 Å². The molecule has 166 valence electrons. The van der Waals surface area contributed by atoms with Crippen molar-refractivity contribution >= 4 is 27.3 Å². The van der Waals surface area contributed by atoms with Gasteiger partial charge in [-0.25, -0.2) is 8.42 Å². The zero-order valence-corrected chi connectivity index (χ0v) is 19.0. The second kappa shape index (κ2) is 9.04. The average molecular weight is 451 g/mol. The molecule has 1 N–H and O–H groups in total. The van der Waals surface area contributed by atoms with Gasteiger partial charge in [-0.1, -0.05) is 24.3 Å². The lowest BCUT2D eigenvalue weighted by Crippen LogP contribution is -2.35. The number of nitrogens with zero attached hydrogens (tertiary/aromatic N) is 1. The maximum atomic E-state index is 13.2. The molecule has 1 aliphatic heterocycles. The molecule has 0 aromatic heterocycles. The van der Waals surface area contributed by atoms with Crippen LogP contribution >= 0.6 is 0 Å². The van der Waals surface area contributed by atoms with Gasteiger partial charge in [-0.05, 0) is 85.8 Å². The fourth-order valence-electron chi connectivity index (χ4n) is 3.75. The molecule has 32 heavy (non-hydrogen) atoms. The molecule has 0 unspecified atom stereocenters. The summed E-state index contributed by atoms with van der Waals surface area (Å²) in [4.78, 5) is 12.4. The number of hydrogen-bond donors (Lipinski definition) is 1. The lowest BCUT2D eigenvalue weighted by Gasteiger charge is -2.30. The van der Waals surface area contributed by atoms with Crippen LogP contribution in [0.4, 0.5) is 11.4 Å². The number of hydrogen-bond acceptors (Lipinski definition) is 4. The summed E-state index contributed by atoms with van der Waals surface area (Å²) in [6.45, 7) is 4.28. The Morgan fingerprint density at radius 3 is 2.50 bits per heavy atom. The van der Waals surface area contributed by atoms with E-state index in [9.17, 15) is 13.2 Å². The summed E-state index contributed by atoms with van der Waals surface area (Å²) in [5.74, 6) is 0.146. The lowest BCUT2D eigenvalue weighted by molar-refractivity contribution is -0.118. The van der Waals surface area contributed by atoms with E-state index in [4.69, 9.17) is 4.74 Å². The van der Waals surface area contributed by atoms with E-state index in [2.05, 4.69) is 5.32 Å². The Morgan fingerprint density at radius 2 is 1.75 bits per heavy atom. The fourth-order valence-corrected chi connectivity index (χ4v) is 5.29. The second-order valence-electron chi connectivity index (χ2n) is 7.92. The first-order valence-electron chi connectivity index (χ1n) is 10.6. The number of para-hydroxylation sites is 1. The molecule has 0 radical (unpaired) electrons. The summed E-state index contributed by atoms with van der Waals surface area (Å²) in [6.07, 6.45) is 1.66. The van der Waals surface area contributed by atoms with Gasteiger partial charge in [0.25, 0.3) is 15.9 Å². The number of anilines is 2. The molecule has 0 aliphatic carbocycles. The van der Waals surface area contributed by atoms with Crippen LogP contribution in [0.15, 0.2) is 71.6 Å². The van der Waals surface area contributed by atoms with Gasteiger partial charge >= 0.3 is 0 Å². The summed E-state index contributed by atoms with van der Waals surface area (Å²) in [7, 11) is -3.67. The van der Waals surface area contributed by atoms with E-state index in [0.717, 1.165) is 35.2 Å². The normalized spacial score (nSPS) is 13.4. The summed E-state index contributed by atoms with van der Waals surface area (Å²) in [5, 5.41) is 2.80. The predicted octanol–water partition coefficient (Wildman–Crippen LogP) is 4.46. The summed E-state index contributed by atoms with van der Waals surface area (Å²) in [6, 6.07) is 19.5. The Kier molecular flexibility index (Phi) is 6.19. The number of amides is 1. The molecule has 0 saturated carbocycles. The summed E-state index contributed by atoms with van der Waals surface area (Å²) >= 11 is 0. The molecule has 0 bridgehead atoms. The largest absolute Gasteiger partial charge is 0.484 e. The van der Waals surface area contributed by atoms with E-state index in [1.165, 1.54) is 16.4 Å². The highest BCUT2D eigenvalue weighted by molar-refractivity contribution is 7.92. The Labute approximate surface area is 188 Å². The topological polar surface area (TPSA) is 75.7 Å². The van der Waals surface area contributed by atoms with Crippen molar-refractivity contribution in [3.05, 3.63) is 83.4 Å². The number of fused-ring (bicyclic) bond motifs is 1. The molecule has 0 spiro atoms. The van der Waals surface area contributed by atoms with E-state index in [1.807, 2.05) is 56.3 Å². The van der Waals surface area contributed by atoms with Crippen molar-refractivity contribution in [1.82, 2.24) is 0 Å². The third kappa shape index (κ3) is 4.62. The molecular weight excluding hydrogens is 424 g/mol. The van der Waals surface area contributed by atoms with Gasteiger partial charge in [-0.3, -0.25) is 9.10 Å². The van der Waals surface area contributed by atoms with Gasteiger partial charge in [0.2, 0.25) is 0 Å². The van der Waals surface area contributed by atoms with E-state index >= 15 is 0 Å². The standard InChI is InChI=1S/C25H26N2O4S/c1-18-9-10-21(16-19(18)2)26-25(28)17-31-22-11-13-23(14-12-22)32(29,30)27-15-5-7-20-6-3-4-8-24(20)27/h3-4,6,8-14,16H,5,7,15,17H2,1-2H3,(H,26,28). The van der Waals surface area contributed by atoms with Gasteiger partial charge < -0.3 is 10.1 Å². The quantitative estimate of drug-likeness (QED) is 0.602. The van der Waals surface area contributed by atoms with E-state index in [0.29, 0.717) is 18.0 Å². The van der Waals surface area contributed by atoms with Gasteiger partial charge in [0, 0.05) is 12.2 Å². The minimum absolute atomic E-state index is 0.168. The first-order valence-corrected chi connectivity index (χ1v) is 12.0. The van der Waals surface area contributed by atoms with E-state index < -0.39 is 10.0 Å². The third-order valence-corrected chi connectivity index (χ3v) is 7.47. The Hall–Kier alpha value is -3.32. The van der Waals surface area contributed by atoms with Crippen molar-refractivity contribution in [3.8, 4) is 5.75 Å². The highest BCUT2D eigenvalue weighted by Gasteiger charge is 2.28. The number of rotatable bonds is 6. The van der Waals surface area contributed by atoms with Crippen LogP contribution in [0.25, 0.3) is 0 Å². The molecule has 3 aromatic carbocycles. The molecule has 0 atom stereocenters. The molecular formula is C25H26N2O4S. The molecule has 7 heteroatoms. The van der Waals surface area contributed by atoms with Crippen molar-refractivity contribution in [2.45, 2.75) is 31.6 Å². The highest BCUT2D eigenvalue weighted by Crippen LogP contribution is 2.32. The number of sulfonamides is 1. The smallest absolute Gasteiger partial charge is 0.264 e. The van der Waals surface area contributed by atoms with Crippen LogP contribution in [-0.4, -0.2) is 27.5 Å². The van der Waals surface area contributed by atoms with E-state index in [-0.39, 0.29) is 17.4 Å². The summed E-state index contributed by atoms with van der Waals surface area (Å²) < 4.78 is 33.4. The maximum Gasteiger partial charge on any atom is 0.264 e. The van der Waals surface area contributed by atoms with Crippen LogP contribution in [-0.2, 0) is 21.2 Å². The minimum Gasteiger partial charge on any atom is -0.484 e. The molecule has 3 aromatic rings. The van der Waals surface area contributed by atoms with Gasteiger partial charge in [0.05, 0.1) is 10.6 Å². The number of carbonyl (C=O) groups is 1. The molecule has 4 rings (SSSR count). The van der Waals surface area contributed by atoms with Crippen molar-refractivity contribution in [2.75, 3.05) is 22.8 Å². The molecule has 1 amide bonds. The molecule has 0 saturated heterocycles. The number of ether oxygens (including phenoxy) is 1. The molecule has 0 fully saturated rings. The third-order valence-electron chi connectivity index (χ3n) is 5.64.